The summed E-state index contributed by atoms with van der Waals surface area (Å²) in [6.07, 6.45) is 1.76. The van der Waals surface area contributed by atoms with Crippen molar-refractivity contribution in [3.63, 3.8) is 0 Å². The van der Waals surface area contributed by atoms with Gasteiger partial charge in [0.25, 0.3) is 0 Å². The minimum Gasteiger partial charge on any atom is -0.438 e. The Morgan fingerprint density at radius 1 is 1.26 bits per heavy atom. The van der Waals surface area contributed by atoms with Gasteiger partial charge >= 0.3 is 0 Å². The number of aromatic nitrogens is 2. The van der Waals surface area contributed by atoms with E-state index in [-0.39, 0.29) is 0 Å². The second kappa shape index (κ2) is 6.02. The topological polar surface area (TPSA) is 47.0 Å². The van der Waals surface area contributed by atoms with Gasteiger partial charge in [-0.3, -0.25) is 0 Å². The predicted octanol–water partition coefficient (Wildman–Crippen LogP) is 4.08. The molecule has 0 bridgehead atoms. The molecule has 0 aliphatic carbocycles. The number of hydrogen-bond acceptors (Lipinski definition) is 4. The van der Waals surface area contributed by atoms with Crippen molar-refractivity contribution in [2.24, 2.45) is 0 Å². The number of aryl methyl sites for hydroxylation is 2. The lowest BCUT2D eigenvalue weighted by molar-refractivity contribution is 0.454. The Balaban J connectivity index is 2.31. The minimum absolute atomic E-state index is 0.576. The Bertz CT molecular complexity index is 587. The van der Waals surface area contributed by atoms with E-state index in [9.17, 15) is 0 Å². The summed E-state index contributed by atoms with van der Waals surface area (Å²) < 4.78 is 6.87. The average Bonchev–Trinajstić information content (AvgIpc) is 2.38. The summed E-state index contributed by atoms with van der Waals surface area (Å²) in [5.74, 6) is 1.95. The fraction of sp³-hybridized carbons (Fsp3) is 0.286. The first-order valence-electron chi connectivity index (χ1n) is 6.11. The molecule has 0 atom stereocenters. The molecule has 0 aliphatic rings. The van der Waals surface area contributed by atoms with Crippen molar-refractivity contribution in [3.05, 3.63) is 40.0 Å². The van der Waals surface area contributed by atoms with Crippen molar-refractivity contribution in [2.45, 2.75) is 20.8 Å². The molecular formula is C14H16BrN3O. The zero-order valence-electron chi connectivity index (χ0n) is 11.2. The molecule has 0 unspecified atom stereocenters. The number of hydrogen-bond donors (Lipinski definition) is 1. The van der Waals surface area contributed by atoms with Gasteiger partial charge in [-0.15, -0.1) is 0 Å². The van der Waals surface area contributed by atoms with E-state index in [1.54, 1.807) is 6.20 Å². The molecule has 2 aromatic rings. The summed E-state index contributed by atoms with van der Waals surface area (Å²) in [5.41, 5.74) is 1.97. The maximum absolute atomic E-state index is 5.89. The fourth-order valence-corrected chi connectivity index (χ4v) is 1.90. The Morgan fingerprint density at radius 3 is 2.79 bits per heavy atom. The van der Waals surface area contributed by atoms with Gasteiger partial charge in [-0.25, -0.2) is 4.98 Å². The van der Waals surface area contributed by atoms with Crippen LogP contribution in [-0.2, 0) is 0 Å². The molecule has 5 heteroatoms. The Kier molecular flexibility index (Phi) is 4.37. The molecule has 4 nitrogen and oxygen atoms in total. The normalized spacial score (nSPS) is 10.3. The first kappa shape index (κ1) is 13.8. The largest absolute Gasteiger partial charge is 0.438 e. The van der Waals surface area contributed by atoms with Crippen LogP contribution in [0.3, 0.4) is 0 Å². The molecular weight excluding hydrogens is 306 g/mol. The van der Waals surface area contributed by atoms with Crippen LogP contribution in [0.1, 0.15) is 18.1 Å². The third-order valence-corrected chi connectivity index (χ3v) is 3.11. The van der Waals surface area contributed by atoms with Gasteiger partial charge in [0.15, 0.2) is 0 Å². The molecule has 1 heterocycles. The highest BCUT2D eigenvalue weighted by Crippen LogP contribution is 2.29. The number of ether oxygens (including phenoxy) is 1. The smallest absolute Gasteiger partial charge is 0.226 e. The van der Waals surface area contributed by atoms with Crippen molar-refractivity contribution in [1.82, 2.24) is 9.97 Å². The van der Waals surface area contributed by atoms with Crippen molar-refractivity contribution >= 4 is 21.9 Å². The lowest BCUT2D eigenvalue weighted by Crippen LogP contribution is -2.04. The van der Waals surface area contributed by atoms with Crippen molar-refractivity contribution < 1.29 is 4.74 Å². The molecule has 100 valence electrons. The van der Waals surface area contributed by atoms with Gasteiger partial charge in [0.05, 0.1) is 0 Å². The van der Waals surface area contributed by atoms with E-state index >= 15 is 0 Å². The summed E-state index contributed by atoms with van der Waals surface area (Å²) >= 11 is 3.44. The molecule has 1 N–H and O–H groups in total. The van der Waals surface area contributed by atoms with Gasteiger partial charge in [0, 0.05) is 22.8 Å². The number of anilines is 1. The van der Waals surface area contributed by atoms with Crippen LogP contribution in [0.2, 0.25) is 0 Å². The molecule has 0 fully saturated rings. The van der Waals surface area contributed by atoms with Crippen LogP contribution < -0.4 is 10.1 Å². The highest BCUT2D eigenvalue weighted by Gasteiger charge is 2.08. The zero-order chi connectivity index (χ0) is 13.8. The number of benzene rings is 1. The molecule has 2 rings (SSSR count). The van der Waals surface area contributed by atoms with E-state index in [1.807, 2.05) is 39.0 Å². The molecule has 1 aromatic carbocycles. The van der Waals surface area contributed by atoms with E-state index in [4.69, 9.17) is 4.74 Å². The van der Waals surface area contributed by atoms with Crippen LogP contribution in [0.15, 0.2) is 28.9 Å². The summed E-state index contributed by atoms with van der Waals surface area (Å²) in [6.45, 7) is 6.71. The van der Waals surface area contributed by atoms with Gasteiger partial charge in [-0.1, -0.05) is 22.0 Å². The van der Waals surface area contributed by atoms with E-state index in [0.29, 0.717) is 11.8 Å². The van der Waals surface area contributed by atoms with Gasteiger partial charge in [-0.05, 0) is 38.5 Å². The van der Waals surface area contributed by atoms with Crippen molar-refractivity contribution in [3.8, 4) is 11.6 Å². The maximum Gasteiger partial charge on any atom is 0.226 e. The summed E-state index contributed by atoms with van der Waals surface area (Å²) in [6, 6.07) is 5.92. The van der Waals surface area contributed by atoms with Crippen molar-refractivity contribution in [1.29, 1.82) is 0 Å². The van der Waals surface area contributed by atoms with Crippen LogP contribution >= 0.6 is 15.9 Å². The third-order valence-electron chi connectivity index (χ3n) is 2.62. The predicted molar refractivity (Wildman–Crippen MR) is 79.9 cm³/mol. The van der Waals surface area contributed by atoms with Gasteiger partial charge < -0.3 is 10.1 Å². The van der Waals surface area contributed by atoms with Gasteiger partial charge in [0.1, 0.15) is 5.75 Å². The Hall–Kier alpha value is -1.62. The first-order valence-corrected chi connectivity index (χ1v) is 6.91. The monoisotopic (exact) mass is 321 g/mol. The van der Waals surface area contributed by atoms with Crippen LogP contribution in [0, 0.1) is 13.8 Å². The van der Waals surface area contributed by atoms with Crippen molar-refractivity contribution in [2.75, 3.05) is 11.9 Å². The molecule has 0 saturated heterocycles. The highest BCUT2D eigenvalue weighted by molar-refractivity contribution is 9.10. The van der Waals surface area contributed by atoms with Crippen LogP contribution in [0.4, 0.5) is 5.95 Å². The molecule has 1 aromatic heterocycles. The summed E-state index contributed by atoms with van der Waals surface area (Å²) in [4.78, 5) is 8.57. The average molecular weight is 322 g/mol. The maximum atomic E-state index is 5.89. The fourth-order valence-electron chi connectivity index (χ4n) is 1.56. The number of halogens is 1. The lowest BCUT2D eigenvalue weighted by Gasteiger charge is -2.11. The van der Waals surface area contributed by atoms with Crippen LogP contribution in [-0.4, -0.2) is 16.5 Å². The molecule has 0 aliphatic heterocycles. The lowest BCUT2D eigenvalue weighted by atomic mass is 10.2. The molecule has 0 radical (unpaired) electrons. The van der Waals surface area contributed by atoms with Crippen LogP contribution in [0.5, 0.6) is 11.6 Å². The SMILES string of the molecule is CCNc1ncc(C)c(Oc2cc(Br)ccc2C)n1. The number of nitrogens with zero attached hydrogens (tertiary/aromatic N) is 2. The van der Waals surface area contributed by atoms with E-state index < -0.39 is 0 Å². The molecule has 0 spiro atoms. The van der Waals surface area contributed by atoms with E-state index in [2.05, 4.69) is 31.2 Å². The summed E-state index contributed by atoms with van der Waals surface area (Å²) in [7, 11) is 0. The minimum atomic E-state index is 0.576. The highest BCUT2D eigenvalue weighted by atomic mass is 79.9. The standard InChI is InChI=1S/C14H16BrN3O/c1-4-16-14-17-8-10(3)13(18-14)19-12-7-11(15)6-5-9(12)2/h5-8H,4H2,1-3H3,(H,16,17,18). The second-order valence-electron chi connectivity index (χ2n) is 4.22. The van der Waals surface area contributed by atoms with E-state index in [0.717, 1.165) is 27.9 Å². The molecule has 0 amide bonds. The van der Waals surface area contributed by atoms with E-state index in [1.165, 1.54) is 0 Å². The van der Waals surface area contributed by atoms with Gasteiger partial charge in [0.2, 0.25) is 11.8 Å². The second-order valence-corrected chi connectivity index (χ2v) is 5.14. The number of rotatable bonds is 4. The quantitative estimate of drug-likeness (QED) is 0.921. The summed E-state index contributed by atoms with van der Waals surface area (Å²) in [5, 5.41) is 3.08. The van der Waals surface area contributed by atoms with Crippen LogP contribution in [0.25, 0.3) is 0 Å². The Morgan fingerprint density at radius 2 is 2.05 bits per heavy atom. The molecule has 19 heavy (non-hydrogen) atoms. The third kappa shape index (κ3) is 3.44. The Labute approximate surface area is 121 Å². The molecule has 0 saturated carbocycles. The van der Waals surface area contributed by atoms with Gasteiger partial charge in [-0.2, -0.15) is 4.98 Å². The number of nitrogens with one attached hydrogen (secondary N) is 1. The first-order chi connectivity index (χ1) is 9.10. The zero-order valence-corrected chi connectivity index (χ0v) is 12.8.